The third kappa shape index (κ3) is 6.86. The lowest BCUT2D eigenvalue weighted by Gasteiger charge is -2.26. The fourth-order valence-corrected chi connectivity index (χ4v) is 5.83. The highest BCUT2D eigenvalue weighted by Crippen LogP contribution is 2.29. The predicted octanol–water partition coefficient (Wildman–Crippen LogP) is 5.39. The second-order valence-corrected chi connectivity index (χ2v) is 11.8. The number of nitrogens with zero attached hydrogens (tertiary/aromatic N) is 2. The largest absolute Gasteiger partial charge is 0.444 e. The van der Waals surface area contributed by atoms with E-state index in [9.17, 15) is 18.4 Å². The number of likely N-dealkylation sites (tertiary alicyclic amines) is 1. The maximum atomic E-state index is 14.7. The van der Waals surface area contributed by atoms with Gasteiger partial charge in [0, 0.05) is 23.5 Å². The fourth-order valence-electron chi connectivity index (χ4n) is 4.68. The summed E-state index contributed by atoms with van der Waals surface area (Å²) >= 11 is 1.49. The SMILES string of the molecule is CC(C)(C)OC(=O)N1CC[C@H](SCc2nc3cc(NC4CCCC4)cc(F)c3c(=O)[nH]2)C[C@@H](F)C1. The number of alkyl halides is 1. The van der Waals surface area contributed by atoms with Crippen molar-refractivity contribution in [2.45, 2.75) is 88.1 Å². The highest BCUT2D eigenvalue weighted by Gasteiger charge is 2.30. The molecule has 1 saturated heterocycles. The molecule has 1 amide bonds. The summed E-state index contributed by atoms with van der Waals surface area (Å²) in [4.78, 5) is 33.6. The van der Waals surface area contributed by atoms with Crippen molar-refractivity contribution in [1.82, 2.24) is 14.9 Å². The van der Waals surface area contributed by atoms with Crippen LogP contribution in [0.1, 0.15) is 65.1 Å². The van der Waals surface area contributed by atoms with Gasteiger partial charge in [0.15, 0.2) is 0 Å². The number of carbonyl (C=O) groups excluding carboxylic acids is 1. The Hall–Kier alpha value is -2.36. The van der Waals surface area contributed by atoms with Gasteiger partial charge in [-0.1, -0.05) is 12.8 Å². The second kappa shape index (κ2) is 10.7. The number of anilines is 1. The number of amides is 1. The summed E-state index contributed by atoms with van der Waals surface area (Å²) in [6, 6.07) is 3.39. The highest BCUT2D eigenvalue weighted by atomic mass is 32.2. The smallest absolute Gasteiger partial charge is 0.410 e. The van der Waals surface area contributed by atoms with Gasteiger partial charge in [-0.2, -0.15) is 11.8 Å². The summed E-state index contributed by atoms with van der Waals surface area (Å²) in [5.74, 6) is 0.187. The maximum Gasteiger partial charge on any atom is 0.410 e. The van der Waals surface area contributed by atoms with Crippen LogP contribution in [0.15, 0.2) is 16.9 Å². The Balaban J connectivity index is 1.42. The molecule has 192 valence electrons. The zero-order valence-electron chi connectivity index (χ0n) is 20.5. The number of carbonyl (C=O) groups is 1. The maximum absolute atomic E-state index is 14.7. The molecule has 0 spiro atoms. The number of halogens is 2. The van der Waals surface area contributed by atoms with Crippen molar-refractivity contribution < 1.29 is 18.3 Å². The van der Waals surface area contributed by atoms with Crippen molar-refractivity contribution in [3.05, 3.63) is 34.1 Å². The first-order valence-electron chi connectivity index (χ1n) is 12.3. The molecule has 2 aromatic rings. The molecule has 0 radical (unpaired) electrons. The van der Waals surface area contributed by atoms with E-state index >= 15 is 0 Å². The minimum absolute atomic E-state index is 0.00702. The number of aromatic amines is 1. The van der Waals surface area contributed by atoms with Crippen molar-refractivity contribution in [3.8, 4) is 0 Å². The molecule has 2 fully saturated rings. The zero-order chi connectivity index (χ0) is 25.2. The third-order valence-corrected chi connectivity index (χ3v) is 7.64. The summed E-state index contributed by atoms with van der Waals surface area (Å²) in [5.41, 5.74) is -0.214. The van der Waals surface area contributed by atoms with Crippen molar-refractivity contribution in [1.29, 1.82) is 0 Å². The van der Waals surface area contributed by atoms with Gasteiger partial charge < -0.3 is 19.9 Å². The molecule has 4 rings (SSSR count). The van der Waals surface area contributed by atoms with Gasteiger partial charge in [0.1, 0.15) is 28.8 Å². The first-order chi connectivity index (χ1) is 16.6. The van der Waals surface area contributed by atoms with Crippen LogP contribution < -0.4 is 10.9 Å². The number of nitrogens with one attached hydrogen (secondary N) is 2. The Kier molecular flexibility index (Phi) is 7.88. The molecule has 7 nitrogen and oxygen atoms in total. The number of fused-ring (bicyclic) bond motifs is 1. The van der Waals surface area contributed by atoms with Gasteiger partial charge in [0.2, 0.25) is 0 Å². The van der Waals surface area contributed by atoms with Gasteiger partial charge in [-0.3, -0.25) is 4.79 Å². The lowest BCUT2D eigenvalue weighted by atomic mass is 10.2. The van der Waals surface area contributed by atoms with Crippen molar-refractivity contribution in [3.63, 3.8) is 0 Å². The summed E-state index contributed by atoms with van der Waals surface area (Å²) in [6.45, 7) is 5.75. The summed E-state index contributed by atoms with van der Waals surface area (Å²) < 4.78 is 34.7. The van der Waals surface area contributed by atoms with E-state index in [2.05, 4.69) is 15.3 Å². The van der Waals surface area contributed by atoms with E-state index in [0.717, 1.165) is 25.7 Å². The van der Waals surface area contributed by atoms with Gasteiger partial charge in [-0.05, 0) is 58.6 Å². The van der Waals surface area contributed by atoms with Crippen LogP contribution >= 0.6 is 11.8 Å². The van der Waals surface area contributed by atoms with Crippen molar-refractivity contribution in [2.24, 2.45) is 0 Å². The topological polar surface area (TPSA) is 87.3 Å². The molecule has 1 aromatic heterocycles. The number of hydrogen-bond acceptors (Lipinski definition) is 6. The lowest BCUT2D eigenvalue weighted by Crippen LogP contribution is -2.39. The van der Waals surface area contributed by atoms with Gasteiger partial charge in [-0.25, -0.2) is 18.6 Å². The second-order valence-electron chi connectivity index (χ2n) is 10.5. The number of hydrogen-bond donors (Lipinski definition) is 2. The van der Waals surface area contributed by atoms with Crippen LogP contribution in [0.2, 0.25) is 0 Å². The van der Waals surface area contributed by atoms with E-state index in [1.54, 1.807) is 26.8 Å². The quantitative estimate of drug-likeness (QED) is 0.563. The average Bonchev–Trinajstić information content (AvgIpc) is 3.17. The van der Waals surface area contributed by atoms with E-state index in [1.165, 1.54) is 22.7 Å². The van der Waals surface area contributed by atoms with Gasteiger partial charge >= 0.3 is 6.09 Å². The molecule has 1 aromatic carbocycles. The molecule has 1 aliphatic carbocycles. The molecule has 35 heavy (non-hydrogen) atoms. The van der Waals surface area contributed by atoms with E-state index < -0.39 is 29.2 Å². The molecular formula is C25H34F2N4O3S. The minimum atomic E-state index is -1.16. The van der Waals surface area contributed by atoms with Crippen LogP contribution in [0.5, 0.6) is 0 Å². The van der Waals surface area contributed by atoms with Gasteiger partial charge in [0.05, 0.1) is 17.8 Å². The van der Waals surface area contributed by atoms with Crippen LogP contribution in [0.4, 0.5) is 19.3 Å². The summed E-state index contributed by atoms with van der Waals surface area (Å²) in [5, 5.41) is 3.25. The van der Waals surface area contributed by atoms with Crippen LogP contribution in [-0.4, -0.2) is 57.1 Å². The monoisotopic (exact) mass is 508 g/mol. The molecule has 2 N–H and O–H groups in total. The summed E-state index contributed by atoms with van der Waals surface area (Å²) in [7, 11) is 0. The number of rotatable bonds is 5. The van der Waals surface area contributed by atoms with E-state index in [1.807, 2.05) is 0 Å². The molecule has 1 saturated carbocycles. The average molecular weight is 509 g/mol. The number of ether oxygens (including phenoxy) is 1. The molecule has 0 unspecified atom stereocenters. The molecular weight excluding hydrogens is 474 g/mol. The molecule has 1 aliphatic heterocycles. The van der Waals surface area contributed by atoms with E-state index in [4.69, 9.17) is 4.74 Å². The number of aromatic nitrogens is 2. The number of thioether (sulfide) groups is 1. The highest BCUT2D eigenvalue weighted by molar-refractivity contribution is 7.99. The fraction of sp³-hybridized carbons (Fsp3) is 0.640. The molecule has 10 heteroatoms. The normalized spacial score (nSPS) is 21.8. The van der Waals surface area contributed by atoms with Crippen LogP contribution in [0.25, 0.3) is 10.9 Å². The van der Waals surface area contributed by atoms with Crippen LogP contribution in [0, 0.1) is 5.82 Å². The Morgan fingerprint density at radius 2 is 2.03 bits per heavy atom. The van der Waals surface area contributed by atoms with Crippen molar-refractivity contribution >= 4 is 34.4 Å². The Bertz CT molecular complexity index is 1110. The Morgan fingerprint density at radius 3 is 2.74 bits per heavy atom. The van der Waals surface area contributed by atoms with Gasteiger partial charge in [0.25, 0.3) is 5.56 Å². The standard InChI is InChI=1S/C25H34F2N4O3S/c1-25(2,3)34-24(33)31-9-8-18(10-15(26)13-31)35-14-21-29-20-12-17(28-16-6-4-5-7-16)11-19(27)22(20)23(32)30-21/h11-12,15-16,18,28H,4-10,13-14H2,1-3H3,(H,29,30,32)/t15-,18+/m1/s1. The first kappa shape index (κ1) is 25.7. The molecule has 0 bridgehead atoms. The lowest BCUT2D eigenvalue weighted by molar-refractivity contribution is 0.0221. The zero-order valence-corrected chi connectivity index (χ0v) is 21.4. The first-order valence-corrected chi connectivity index (χ1v) is 13.3. The predicted molar refractivity (Wildman–Crippen MR) is 135 cm³/mol. The van der Waals surface area contributed by atoms with Crippen molar-refractivity contribution in [2.75, 3.05) is 18.4 Å². The Morgan fingerprint density at radius 1 is 1.29 bits per heavy atom. The van der Waals surface area contributed by atoms with E-state index in [-0.39, 0.29) is 17.2 Å². The number of H-pyrrole nitrogens is 1. The van der Waals surface area contributed by atoms with Gasteiger partial charge in [-0.15, -0.1) is 0 Å². The Labute approximate surface area is 208 Å². The summed E-state index contributed by atoms with van der Waals surface area (Å²) in [6.07, 6.45) is 3.64. The molecule has 2 atom stereocenters. The van der Waals surface area contributed by atoms with Crippen LogP contribution in [0.3, 0.4) is 0 Å². The number of benzene rings is 1. The van der Waals surface area contributed by atoms with E-state index in [0.29, 0.717) is 48.2 Å². The minimum Gasteiger partial charge on any atom is -0.444 e. The van der Waals surface area contributed by atoms with Crippen LogP contribution in [-0.2, 0) is 10.5 Å². The molecule has 2 heterocycles. The third-order valence-electron chi connectivity index (χ3n) is 6.30. The molecule has 2 aliphatic rings.